The largest absolute Gasteiger partial charge is 0.491 e. The Morgan fingerprint density at radius 1 is 0.870 bits per heavy atom. The number of ether oxygens (including phenoxy) is 2. The summed E-state index contributed by atoms with van der Waals surface area (Å²) in [7, 11) is -7.17. The molecule has 0 bridgehead atoms. The average Bonchev–Trinajstić information content (AvgIpc) is 2.24. The molecule has 0 radical (unpaired) electrons. The van der Waals surface area contributed by atoms with Crippen LogP contribution in [-0.2, 0) is 19.6 Å². The van der Waals surface area contributed by atoms with Gasteiger partial charge in [0.2, 0.25) is 0 Å². The lowest BCUT2D eigenvalue weighted by Crippen LogP contribution is -2.57. The topological polar surface area (TPSA) is 72.8 Å². The predicted octanol–water partition coefficient (Wildman–Crippen LogP) is 3.31. The maximum absolute atomic E-state index is 13.1. The first-order chi connectivity index (χ1) is 9.78. The molecule has 0 aromatic carbocycles. The number of alkyl halides is 8. The second-order valence-corrected chi connectivity index (χ2v) is 4.74. The zero-order valence-electron chi connectivity index (χ0n) is 9.65. The third-order valence-electron chi connectivity index (χ3n) is 1.63. The highest BCUT2D eigenvalue weighted by molar-refractivity contribution is 7.86. The van der Waals surface area contributed by atoms with Crippen LogP contribution in [-0.4, -0.2) is 36.6 Å². The maximum atomic E-state index is 13.1. The molecule has 0 saturated heterocycles. The average molecular weight is 394 g/mol. The molecule has 0 spiro atoms. The van der Waals surface area contributed by atoms with Crippen molar-refractivity contribution in [3.63, 3.8) is 0 Å². The monoisotopic (exact) mass is 394 g/mol. The zero-order valence-corrected chi connectivity index (χ0v) is 10.5. The van der Waals surface area contributed by atoms with Crippen molar-refractivity contribution in [2.24, 2.45) is 0 Å². The van der Waals surface area contributed by atoms with Crippen LogP contribution in [0.15, 0.2) is 12.1 Å². The molecule has 0 aliphatic rings. The molecule has 0 aliphatic heterocycles. The van der Waals surface area contributed by atoms with Gasteiger partial charge < -0.3 is 4.74 Å². The molecule has 0 fully saturated rings. The molecule has 1 atom stereocenters. The van der Waals surface area contributed by atoms with E-state index in [1.165, 1.54) is 0 Å². The molecule has 17 heteroatoms. The Balaban J connectivity index is 5.98. The third kappa shape index (κ3) is 4.34. The summed E-state index contributed by atoms with van der Waals surface area (Å²) in [4.78, 5) is 0. The zero-order chi connectivity index (χ0) is 19.1. The van der Waals surface area contributed by atoms with E-state index in [1.54, 1.807) is 4.74 Å². The van der Waals surface area contributed by atoms with Crippen molar-refractivity contribution in [3.8, 4) is 0 Å². The minimum atomic E-state index is -7.17. The van der Waals surface area contributed by atoms with Gasteiger partial charge in [-0.2, -0.15) is 56.7 Å². The van der Waals surface area contributed by atoms with Crippen LogP contribution < -0.4 is 0 Å². The van der Waals surface area contributed by atoms with Gasteiger partial charge in [-0.25, -0.2) is 4.74 Å². The smallest absolute Gasteiger partial charge is 0.399 e. The fraction of sp³-hybridized carbons (Fsp3) is 0.667. The summed E-state index contributed by atoms with van der Waals surface area (Å²) in [6, 6.07) is -10.5. The van der Waals surface area contributed by atoms with Gasteiger partial charge in [-0.15, -0.1) is 0 Å². The summed E-state index contributed by atoms with van der Waals surface area (Å²) in [5.41, 5.74) is 0. The van der Waals surface area contributed by atoms with E-state index in [0.717, 1.165) is 0 Å². The van der Waals surface area contributed by atoms with Crippen molar-refractivity contribution < 1.29 is 70.7 Å². The molecular weight excluding hydrogens is 393 g/mol. The Kier molecular flexibility index (Phi) is 5.58. The highest BCUT2D eigenvalue weighted by Gasteiger charge is 2.75. The van der Waals surface area contributed by atoms with Gasteiger partial charge in [-0.3, -0.25) is 4.55 Å². The molecule has 23 heavy (non-hydrogen) atoms. The number of hydrogen-bond acceptors (Lipinski definition) is 4. The highest BCUT2D eigenvalue weighted by Crippen LogP contribution is 2.47. The Labute approximate surface area is 118 Å². The third-order valence-corrected chi connectivity index (χ3v) is 2.52. The first kappa shape index (κ1) is 21.6. The molecular formula is C6HF11O5S. The first-order valence-corrected chi connectivity index (χ1v) is 5.81. The van der Waals surface area contributed by atoms with Crippen LogP contribution in [0.3, 0.4) is 0 Å². The van der Waals surface area contributed by atoms with E-state index >= 15 is 0 Å². The Morgan fingerprint density at radius 2 is 1.26 bits per heavy atom. The standard InChI is InChI=1S/C6HF11O5S/c7-1(8)2(9)21-6(17,3(10,11)12)22-4(13,14)5(15,16)23(18,19)20/h(H,18,19,20). The normalized spacial score (nSPS) is 16.7. The molecule has 0 aliphatic carbocycles. The van der Waals surface area contributed by atoms with Crippen LogP contribution in [0.1, 0.15) is 0 Å². The van der Waals surface area contributed by atoms with Gasteiger partial charge in [0.05, 0.1) is 0 Å². The Hall–Kier alpha value is -1.36. The summed E-state index contributed by atoms with van der Waals surface area (Å²) < 4.78 is 167. The molecule has 1 unspecified atom stereocenters. The Morgan fingerprint density at radius 3 is 1.52 bits per heavy atom. The minimum absolute atomic E-state index is 1.76. The molecule has 0 aromatic heterocycles. The van der Waals surface area contributed by atoms with Gasteiger partial charge in [0.1, 0.15) is 0 Å². The van der Waals surface area contributed by atoms with E-state index in [2.05, 4.69) is 4.74 Å². The van der Waals surface area contributed by atoms with Crippen molar-refractivity contribution in [3.05, 3.63) is 12.1 Å². The van der Waals surface area contributed by atoms with E-state index in [-0.39, 0.29) is 0 Å². The van der Waals surface area contributed by atoms with Crippen LogP contribution in [0.4, 0.5) is 48.3 Å². The molecule has 138 valence electrons. The predicted molar refractivity (Wildman–Crippen MR) is 43.9 cm³/mol. The van der Waals surface area contributed by atoms with Crippen molar-refractivity contribution >= 4 is 10.1 Å². The molecule has 0 heterocycles. The van der Waals surface area contributed by atoms with Gasteiger partial charge in [0.25, 0.3) is 0 Å². The molecule has 0 aromatic rings. The number of rotatable bonds is 6. The van der Waals surface area contributed by atoms with Gasteiger partial charge in [0, 0.05) is 0 Å². The van der Waals surface area contributed by atoms with Gasteiger partial charge in [-0.05, 0) is 0 Å². The molecule has 0 rings (SSSR count). The fourth-order valence-electron chi connectivity index (χ4n) is 0.665. The van der Waals surface area contributed by atoms with Crippen molar-refractivity contribution in [2.45, 2.75) is 23.6 Å². The van der Waals surface area contributed by atoms with Gasteiger partial charge in [0.15, 0.2) is 0 Å². The number of hydrogen-bond donors (Lipinski definition) is 1. The highest BCUT2D eigenvalue weighted by atomic mass is 32.2. The fourth-order valence-corrected chi connectivity index (χ4v) is 1.01. The second-order valence-electron chi connectivity index (χ2n) is 3.28. The number of halogens is 11. The van der Waals surface area contributed by atoms with Crippen molar-refractivity contribution in [1.82, 2.24) is 0 Å². The summed E-state index contributed by atoms with van der Waals surface area (Å²) >= 11 is 0. The van der Waals surface area contributed by atoms with Crippen LogP contribution in [0.2, 0.25) is 0 Å². The summed E-state index contributed by atoms with van der Waals surface area (Å²) in [6.07, 6.45) is -17.8. The molecule has 5 nitrogen and oxygen atoms in total. The summed E-state index contributed by atoms with van der Waals surface area (Å²) in [5, 5.41) is -6.89. The summed E-state index contributed by atoms with van der Waals surface area (Å²) in [6.45, 7) is 0. The van der Waals surface area contributed by atoms with Crippen LogP contribution >= 0.6 is 0 Å². The molecule has 0 amide bonds. The van der Waals surface area contributed by atoms with E-state index in [0.29, 0.717) is 0 Å². The van der Waals surface area contributed by atoms with Crippen LogP contribution in [0.25, 0.3) is 0 Å². The molecule has 0 saturated carbocycles. The van der Waals surface area contributed by atoms with E-state index in [1.807, 2.05) is 0 Å². The van der Waals surface area contributed by atoms with E-state index in [4.69, 9.17) is 4.55 Å². The SMILES string of the molecule is O=S(=O)(O)C(F)(F)C(F)(F)OC(F)(OC(F)=C(F)F)C(F)(F)F. The van der Waals surface area contributed by atoms with E-state index in [9.17, 15) is 56.7 Å². The lowest BCUT2D eigenvalue weighted by atomic mass is 10.5. The first-order valence-electron chi connectivity index (χ1n) is 4.37. The quantitative estimate of drug-likeness (QED) is 0.324. The lowest BCUT2D eigenvalue weighted by molar-refractivity contribution is -0.504. The lowest BCUT2D eigenvalue weighted by Gasteiger charge is -2.32. The second kappa shape index (κ2) is 5.93. The van der Waals surface area contributed by atoms with Crippen molar-refractivity contribution in [1.29, 1.82) is 0 Å². The van der Waals surface area contributed by atoms with Gasteiger partial charge >= 0.3 is 45.8 Å². The van der Waals surface area contributed by atoms with Gasteiger partial charge in [-0.1, -0.05) is 0 Å². The minimum Gasteiger partial charge on any atom is -0.399 e. The van der Waals surface area contributed by atoms with E-state index < -0.39 is 45.8 Å². The van der Waals surface area contributed by atoms with Crippen molar-refractivity contribution in [2.75, 3.05) is 0 Å². The summed E-state index contributed by atoms with van der Waals surface area (Å²) in [5.74, 6) is 0. The maximum Gasteiger partial charge on any atom is 0.491 e. The molecule has 1 N–H and O–H groups in total. The Bertz CT molecular complexity index is 576. The van der Waals surface area contributed by atoms with Crippen LogP contribution in [0.5, 0.6) is 0 Å². The van der Waals surface area contributed by atoms with Crippen LogP contribution in [0, 0.1) is 0 Å².